The van der Waals surface area contributed by atoms with Crippen molar-refractivity contribution >= 4 is 21.9 Å². The van der Waals surface area contributed by atoms with Crippen molar-refractivity contribution in [1.82, 2.24) is 24.3 Å². The molecule has 5 rings (SSSR count). The zero-order chi connectivity index (χ0) is 20.8. The van der Waals surface area contributed by atoms with Crippen LogP contribution in [0.1, 0.15) is 16.7 Å². The molecule has 7 heteroatoms. The van der Waals surface area contributed by atoms with Crippen LogP contribution in [0.2, 0.25) is 0 Å². The average molecular weight is 399 g/mol. The minimum atomic E-state index is -0.366. The summed E-state index contributed by atoms with van der Waals surface area (Å²) in [6, 6.07) is 12.5. The van der Waals surface area contributed by atoms with Gasteiger partial charge in [0.15, 0.2) is 5.65 Å². The summed E-state index contributed by atoms with van der Waals surface area (Å²) in [5.74, 6) is -0.366. The Bertz CT molecular complexity index is 1460. The van der Waals surface area contributed by atoms with Crippen molar-refractivity contribution in [2.75, 3.05) is 0 Å². The van der Waals surface area contributed by atoms with Crippen molar-refractivity contribution in [2.45, 2.75) is 20.4 Å². The van der Waals surface area contributed by atoms with Gasteiger partial charge in [0.1, 0.15) is 17.5 Å². The molecule has 0 unspecified atom stereocenters. The van der Waals surface area contributed by atoms with Crippen LogP contribution in [-0.4, -0.2) is 24.3 Å². The summed E-state index contributed by atoms with van der Waals surface area (Å²) < 4.78 is 17.2. The van der Waals surface area contributed by atoms with Crippen LogP contribution in [0.5, 0.6) is 0 Å². The standard InChI is InChI=1S/C23H18FN5O/c1-14-6-15(2)8-19(7-14)29-22-20(11-27-29)23(30)28(13-26-22)12-17-10-18(24)9-16-4-3-5-25-21(16)17/h3-11,13H,12H2,1-2H3. The fourth-order valence-corrected chi connectivity index (χ4v) is 3.85. The van der Waals surface area contributed by atoms with E-state index in [1.165, 1.54) is 29.2 Å². The Morgan fingerprint density at radius 2 is 1.83 bits per heavy atom. The quantitative estimate of drug-likeness (QED) is 0.461. The minimum absolute atomic E-state index is 0.168. The molecule has 5 aromatic rings. The fraction of sp³-hybridized carbons (Fsp3) is 0.130. The number of nitrogens with zero attached hydrogens (tertiary/aromatic N) is 5. The van der Waals surface area contributed by atoms with Crippen LogP contribution < -0.4 is 5.56 Å². The van der Waals surface area contributed by atoms with Crippen molar-refractivity contribution in [1.29, 1.82) is 0 Å². The van der Waals surface area contributed by atoms with E-state index in [1.807, 2.05) is 26.0 Å². The number of hydrogen-bond acceptors (Lipinski definition) is 4. The number of aromatic nitrogens is 5. The third kappa shape index (κ3) is 3.04. The van der Waals surface area contributed by atoms with Crippen molar-refractivity contribution in [3.63, 3.8) is 0 Å². The van der Waals surface area contributed by atoms with Crippen LogP contribution in [0.4, 0.5) is 4.39 Å². The highest BCUT2D eigenvalue weighted by atomic mass is 19.1. The zero-order valence-corrected chi connectivity index (χ0v) is 16.5. The van der Waals surface area contributed by atoms with E-state index in [4.69, 9.17) is 0 Å². The number of hydrogen-bond donors (Lipinski definition) is 0. The summed E-state index contributed by atoms with van der Waals surface area (Å²) in [4.78, 5) is 21.9. The first-order valence-electron chi connectivity index (χ1n) is 9.54. The Hall–Kier alpha value is -3.87. The van der Waals surface area contributed by atoms with Gasteiger partial charge in [0, 0.05) is 17.1 Å². The van der Waals surface area contributed by atoms with Crippen LogP contribution in [0.15, 0.2) is 66.0 Å². The summed E-state index contributed by atoms with van der Waals surface area (Å²) in [5.41, 5.74) is 4.60. The maximum Gasteiger partial charge on any atom is 0.264 e. The summed E-state index contributed by atoms with van der Waals surface area (Å²) >= 11 is 0. The van der Waals surface area contributed by atoms with Gasteiger partial charge in [-0.2, -0.15) is 5.10 Å². The van der Waals surface area contributed by atoms with E-state index < -0.39 is 0 Å². The molecule has 0 spiro atoms. The van der Waals surface area contributed by atoms with Crippen LogP contribution in [0, 0.1) is 19.7 Å². The molecule has 0 atom stereocenters. The topological polar surface area (TPSA) is 65.6 Å². The van der Waals surface area contributed by atoms with Crippen molar-refractivity contribution in [2.24, 2.45) is 0 Å². The predicted octanol–water partition coefficient (Wildman–Crippen LogP) is 3.93. The molecule has 30 heavy (non-hydrogen) atoms. The molecule has 0 saturated heterocycles. The molecular formula is C23H18FN5O. The summed E-state index contributed by atoms with van der Waals surface area (Å²) in [7, 11) is 0. The molecule has 148 valence electrons. The SMILES string of the molecule is Cc1cc(C)cc(-n2ncc3c(=O)n(Cc4cc(F)cc5cccnc45)cnc32)c1. The van der Waals surface area contributed by atoms with Gasteiger partial charge in [-0.15, -0.1) is 0 Å². The molecule has 0 fully saturated rings. The Morgan fingerprint density at radius 1 is 1.03 bits per heavy atom. The maximum absolute atomic E-state index is 14.1. The van der Waals surface area contributed by atoms with E-state index in [2.05, 4.69) is 21.1 Å². The van der Waals surface area contributed by atoms with Gasteiger partial charge in [0.2, 0.25) is 0 Å². The third-order valence-electron chi connectivity index (χ3n) is 5.09. The first kappa shape index (κ1) is 18.2. The van der Waals surface area contributed by atoms with Gasteiger partial charge in [-0.25, -0.2) is 14.1 Å². The van der Waals surface area contributed by atoms with Gasteiger partial charge in [-0.05, 0) is 55.3 Å². The van der Waals surface area contributed by atoms with Gasteiger partial charge in [0.05, 0.1) is 23.9 Å². The molecule has 0 aliphatic heterocycles. The first-order chi connectivity index (χ1) is 14.5. The highest BCUT2D eigenvalue weighted by Crippen LogP contribution is 2.20. The molecule has 0 bridgehead atoms. The molecular weight excluding hydrogens is 381 g/mol. The van der Waals surface area contributed by atoms with Gasteiger partial charge in [-0.3, -0.25) is 14.3 Å². The summed E-state index contributed by atoms with van der Waals surface area (Å²) in [6.07, 6.45) is 4.66. The van der Waals surface area contributed by atoms with E-state index in [0.29, 0.717) is 27.5 Å². The number of benzene rings is 2. The second-order valence-electron chi connectivity index (χ2n) is 7.46. The Morgan fingerprint density at radius 3 is 2.63 bits per heavy atom. The second-order valence-corrected chi connectivity index (χ2v) is 7.46. The Labute approximate surface area is 171 Å². The lowest BCUT2D eigenvalue weighted by molar-refractivity contribution is 0.625. The van der Waals surface area contributed by atoms with Crippen LogP contribution in [0.3, 0.4) is 0 Å². The molecule has 6 nitrogen and oxygen atoms in total. The lowest BCUT2D eigenvalue weighted by Gasteiger charge is -2.09. The smallest absolute Gasteiger partial charge is 0.264 e. The molecule has 0 amide bonds. The summed E-state index contributed by atoms with van der Waals surface area (Å²) in [6.45, 7) is 4.20. The number of pyridine rings is 1. The number of fused-ring (bicyclic) bond motifs is 2. The normalized spacial score (nSPS) is 11.4. The number of rotatable bonds is 3. The van der Waals surface area contributed by atoms with Gasteiger partial charge < -0.3 is 0 Å². The molecule has 3 aromatic heterocycles. The molecule has 0 N–H and O–H groups in total. The monoisotopic (exact) mass is 399 g/mol. The highest BCUT2D eigenvalue weighted by molar-refractivity contribution is 5.82. The van der Waals surface area contributed by atoms with Crippen LogP contribution in [0.25, 0.3) is 27.6 Å². The van der Waals surface area contributed by atoms with Gasteiger partial charge in [-0.1, -0.05) is 12.1 Å². The van der Waals surface area contributed by atoms with Crippen LogP contribution >= 0.6 is 0 Å². The molecule has 3 heterocycles. The van der Waals surface area contributed by atoms with E-state index >= 15 is 0 Å². The Balaban J connectivity index is 1.61. The molecule has 0 saturated carbocycles. The maximum atomic E-state index is 14.1. The Kier molecular flexibility index (Phi) is 4.17. The molecule has 0 radical (unpaired) electrons. The summed E-state index contributed by atoms with van der Waals surface area (Å²) in [5, 5.41) is 5.49. The van der Waals surface area contributed by atoms with E-state index in [1.54, 1.807) is 23.0 Å². The third-order valence-corrected chi connectivity index (χ3v) is 5.09. The van der Waals surface area contributed by atoms with Crippen molar-refractivity contribution in [3.05, 3.63) is 94.0 Å². The van der Waals surface area contributed by atoms with E-state index in [0.717, 1.165) is 16.8 Å². The molecule has 2 aromatic carbocycles. The highest BCUT2D eigenvalue weighted by Gasteiger charge is 2.14. The van der Waals surface area contributed by atoms with E-state index in [9.17, 15) is 9.18 Å². The minimum Gasteiger partial charge on any atom is -0.294 e. The van der Waals surface area contributed by atoms with Gasteiger partial charge >= 0.3 is 0 Å². The molecule has 0 aliphatic carbocycles. The van der Waals surface area contributed by atoms with Gasteiger partial charge in [0.25, 0.3) is 5.56 Å². The largest absolute Gasteiger partial charge is 0.294 e. The lowest BCUT2D eigenvalue weighted by atomic mass is 10.1. The number of aryl methyl sites for hydroxylation is 2. The zero-order valence-electron chi connectivity index (χ0n) is 16.5. The van der Waals surface area contributed by atoms with Crippen LogP contribution in [-0.2, 0) is 6.54 Å². The van der Waals surface area contributed by atoms with Crippen molar-refractivity contribution < 1.29 is 4.39 Å². The average Bonchev–Trinajstić information content (AvgIpc) is 3.14. The number of halogens is 1. The lowest BCUT2D eigenvalue weighted by Crippen LogP contribution is -2.21. The predicted molar refractivity (Wildman–Crippen MR) is 113 cm³/mol. The first-order valence-corrected chi connectivity index (χ1v) is 9.54. The molecule has 0 aliphatic rings. The fourth-order valence-electron chi connectivity index (χ4n) is 3.85. The van der Waals surface area contributed by atoms with Crippen molar-refractivity contribution in [3.8, 4) is 5.69 Å². The van der Waals surface area contributed by atoms with E-state index in [-0.39, 0.29) is 17.9 Å². The second kappa shape index (κ2) is 6.88.